The van der Waals surface area contributed by atoms with Crippen molar-refractivity contribution in [2.24, 2.45) is 0 Å². The van der Waals surface area contributed by atoms with Crippen molar-refractivity contribution in [2.45, 2.75) is 18.6 Å². The maximum atomic E-state index is 11.4. The highest BCUT2D eigenvalue weighted by Crippen LogP contribution is 2.01. The van der Waals surface area contributed by atoms with Crippen molar-refractivity contribution in [2.75, 3.05) is 13.1 Å². The van der Waals surface area contributed by atoms with Crippen molar-refractivity contribution >= 4 is 21.9 Å². The molecule has 0 aromatic heterocycles. The van der Waals surface area contributed by atoms with E-state index in [-0.39, 0.29) is 6.42 Å². The quantitative estimate of drug-likeness (QED) is 0.506. The summed E-state index contributed by atoms with van der Waals surface area (Å²) in [5.74, 6) is -2.01. The number of carbonyl (C=O) groups excluding carboxylic acids is 1. The van der Waals surface area contributed by atoms with Crippen LogP contribution in [-0.2, 0) is 19.6 Å². The number of carboxylic acids is 1. The minimum absolute atomic E-state index is 0.0998. The molecule has 8 nitrogen and oxygen atoms in total. The SMILES string of the molecule is CCC(C#N)S(=O)(=O)NCC(=O)NCC(=O)O. The molecule has 0 fully saturated rings. The van der Waals surface area contributed by atoms with Crippen LogP contribution >= 0.6 is 0 Å². The van der Waals surface area contributed by atoms with Gasteiger partial charge in [-0.05, 0) is 6.42 Å². The van der Waals surface area contributed by atoms with Gasteiger partial charge in [-0.3, -0.25) is 9.59 Å². The van der Waals surface area contributed by atoms with Gasteiger partial charge >= 0.3 is 5.97 Å². The van der Waals surface area contributed by atoms with Crippen LogP contribution in [0.15, 0.2) is 0 Å². The van der Waals surface area contributed by atoms with Gasteiger partial charge in [0.15, 0.2) is 5.25 Å². The monoisotopic (exact) mass is 263 g/mol. The molecule has 1 amide bonds. The normalized spacial score (nSPS) is 12.5. The predicted octanol–water partition coefficient (Wildman–Crippen LogP) is -1.59. The van der Waals surface area contributed by atoms with E-state index in [1.807, 2.05) is 10.0 Å². The zero-order valence-corrected chi connectivity index (χ0v) is 9.95. The first-order valence-corrected chi connectivity index (χ1v) is 6.24. The third-order valence-corrected chi connectivity index (χ3v) is 3.49. The summed E-state index contributed by atoms with van der Waals surface area (Å²) >= 11 is 0. The molecule has 0 aliphatic rings. The molecule has 0 aromatic rings. The fraction of sp³-hybridized carbons (Fsp3) is 0.625. The summed E-state index contributed by atoms with van der Waals surface area (Å²) in [5, 5.41) is 17.6. The van der Waals surface area contributed by atoms with Crippen LogP contribution in [0.1, 0.15) is 13.3 Å². The van der Waals surface area contributed by atoms with E-state index in [1.54, 1.807) is 6.07 Å². The van der Waals surface area contributed by atoms with E-state index in [9.17, 15) is 18.0 Å². The minimum atomic E-state index is -3.88. The van der Waals surface area contributed by atoms with Gasteiger partial charge in [0.05, 0.1) is 12.6 Å². The third kappa shape index (κ3) is 5.84. The number of amides is 1. The predicted molar refractivity (Wildman–Crippen MR) is 57.3 cm³/mol. The Morgan fingerprint density at radius 3 is 2.41 bits per heavy atom. The highest BCUT2D eigenvalue weighted by Gasteiger charge is 2.23. The van der Waals surface area contributed by atoms with E-state index in [0.717, 1.165) is 0 Å². The smallest absolute Gasteiger partial charge is 0.322 e. The van der Waals surface area contributed by atoms with Gasteiger partial charge in [0.1, 0.15) is 6.54 Å². The first-order chi connectivity index (χ1) is 7.83. The summed E-state index contributed by atoms with van der Waals surface area (Å²) in [6.45, 7) is 0.349. The molecule has 1 unspecified atom stereocenters. The van der Waals surface area contributed by atoms with Crippen LogP contribution in [0.3, 0.4) is 0 Å². The highest BCUT2D eigenvalue weighted by atomic mass is 32.2. The first-order valence-electron chi connectivity index (χ1n) is 4.70. The maximum absolute atomic E-state index is 11.4. The summed E-state index contributed by atoms with van der Waals surface area (Å²) in [5.41, 5.74) is 0. The Morgan fingerprint density at radius 2 is 2.00 bits per heavy atom. The van der Waals surface area contributed by atoms with Gasteiger partial charge in [-0.2, -0.15) is 5.26 Å². The van der Waals surface area contributed by atoms with Gasteiger partial charge in [0, 0.05) is 0 Å². The summed E-state index contributed by atoms with van der Waals surface area (Å²) in [4.78, 5) is 21.1. The van der Waals surface area contributed by atoms with E-state index >= 15 is 0 Å². The molecular weight excluding hydrogens is 250 g/mol. The van der Waals surface area contributed by atoms with E-state index in [4.69, 9.17) is 10.4 Å². The Balaban J connectivity index is 4.24. The number of carbonyl (C=O) groups is 2. The maximum Gasteiger partial charge on any atom is 0.322 e. The Morgan fingerprint density at radius 1 is 1.41 bits per heavy atom. The Kier molecular flexibility index (Phi) is 6.16. The third-order valence-electron chi connectivity index (χ3n) is 1.76. The molecule has 0 aliphatic heterocycles. The summed E-state index contributed by atoms with van der Waals surface area (Å²) in [6, 6.07) is 1.59. The molecule has 96 valence electrons. The second-order valence-corrected chi connectivity index (χ2v) is 5.01. The topological polar surface area (TPSA) is 136 Å². The zero-order chi connectivity index (χ0) is 13.5. The number of nitrogens with one attached hydrogen (secondary N) is 2. The summed E-state index contributed by atoms with van der Waals surface area (Å²) in [6.07, 6.45) is 0.0998. The Labute approximate surface area is 98.7 Å². The molecule has 0 aliphatic carbocycles. The average Bonchev–Trinajstić information content (AvgIpc) is 2.25. The highest BCUT2D eigenvalue weighted by molar-refractivity contribution is 7.90. The summed E-state index contributed by atoms with van der Waals surface area (Å²) in [7, 11) is -3.88. The van der Waals surface area contributed by atoms with Crippen LogP contribution in [0, 0.1) is 11.3 Å². The van der Waals surface area contributed by atoms with Crippen LogP contribution in [0.25, 0.3) is 0 Å². The van der Waals surface area contributed by atoms with Gasteiger partial charge < -0.3 is 10.4 Å². The molecule has 0 radical (unpaired) electrons. The van der Waals surface area contributed by atoms with Crippen molar-refractivity contribution in [3.8, 4) is 6.07 Å². The van der Waals surface area contributed by atoms with Crippen molar-refractivity contribution in [1.82, 2.24) is 10.0 Å². The number of hydrogen-bond donors (Lipinski definition) is 3. The van der Waals surface area contributed by atoms with Gasteiger partial charge in [-0.25, -0.2) is 13.1 Å². The molecule has 3 N–H and O–H groups in total. The largest absolute Gasteiger partial charge is 0.480 e. The van der Waals surface area contributed by atoms with E-state index in [2.05, 4.69) is 0 Å². The molecule has 0 rings (SSSR count). The molecule has 17 heavy (non-hydrogen) atoms. The van der Waals surface area contributed by atoms with E-state index < -0.39 is 40.2 Å². The lowest BCUT2D eigenvalue weighted by molar-refractivity contribution is -0.137. The fourth-order valence-electron chi connectivity index (χ4n) is 0.884. The number of sulfonamides is 1. The summed E-state index contributed by atoms with van der Waals surface area (Å²) < 4.78 is 24.7. The van der Waals surface area contributed by atoms with Crippen LogP contribution < -0.4 is 10.0 Å². The number of nitrogens with zero attached hydrogens (tertiary/aromatic N) is 1. The molecule has 0 aromatic carbocycles. The standard InChI is InChI=1S/C8H13N3O5S/c1-2-6(3-9)17(15,16)11-4-7(12)10-5-8(13)14/h6,11H,2,4-5H2,1H3,(H,10,12)(H,13,14). The first kappa shape index (κ1) is 15.3. The second kappa shape index (κ2) is 6.82. The van der Waals surface area contributed by atoms with Crippen LogP contribution in [0.2, 0.25) is 0 Å². The van der Waals surface area contributed by atoms with Gasteiger partial charge in [-0.15, -0.1) is 0 Å². The Bertz CT molecular complexity index is 425. The molecule has 0 spiro atoms. The lowest BCUT2D eigenvalue weighted by atomic mass is 10.4. The lowest BCUT2D eigenvalue weighted by Crippen LogP contribution is -2.41. The Hall–Kier alpha value is -1.66. The number of hydrogen-bond acceptors (Lipinski definition) is 5. The number of rotatable bonds is 7. The fourth-order valence-corrected chi connectivity index (χ4v) is 1.99. The van der Waals surface area contributed by atoms with Crippen molar-refractivity contribution < 1.29 is 23.1 Å². The average molecular weight is 263 g/mol. The number of carboxylic acid groups (broad SMARTS) is 1. The van der Waals surface area contributed by atoms with Crippen LogP contribution in [0.4, 0.5) is 0 Å². The van der Waals surface area contributed by atoms with Gasteiger partial charge in [-0.1, -0.05) is 6.92 Å². The molecule has 0 saturated heterocycles. The van der Waals surface area contributed by atoms with Crippen molar-refractivity contribution in [1.29, 1.82) is 5.26 Å². The molecule has 0 bridgehead atoms. The van der Waals surface area contributed by atoms with Crippen LogP contribution in [0.5, 0.6) is 0 Å². The van der Waals surface area contributed by atoms with Crippen molar-refractivity contribution in [3.05, 3.63) is 0 Å². The molecule has 1 atom stereocenters. The molecule has 9 heteroatoms. The minimum Gasteiger partial charge on any atom is -0.480 e. The molecule has 0 saturated carbocycles. The number of nitriles is 1. The zero-order valence-electron chi connectivity index (χ0n) is 9.13. The van der Waals surface area contributed by atoms with Gasteiger partial charge in [0.25, 0.3) is 0 Å². The van der Waals surface area contributed by atoms with E-state index in [1.165, 1.54) is 6.92 Å². The molecular formula is C8H13N3O5S. The molecule has 0 heterocycles. The van der Waals surface area contributed by atoms with E-state index in [0.29, 0.717) is 0 Å². The van der Waals surface area contributed by atoms with Crippen LogP contribution in [-0.4, -0.2) is 43.7 Å². The second-order valence-electron chi connectivity index (χ2n) is 3.06. The number of aliphatic carboxylic acids is 1. The van der Waals surface area contributed by atoms with Crippen molar-refractivity contribution in [3.63, 3.8) is 0 Å². The van der Waals surface area contributed by atoms with Gasteiger partial charge in [0.2, 0.25) is 15.9 Å². The lowest BCUT2D eigenvalue weighted by Gasteiger charge is -2.09.